The molecule has 1 aliphatic heterocycles. The second-order valence-corrected chi connectivity index (χ2v) is 5.74. The third kappa shape index (κ3) is 2.78. The van der Waals surface area contributed by atoms with Crippen LogP contribution in [0.5, 0.6) is 0 Å². The summed E-state index contributed by atoms with van der Waals surface area (Å²) in [5, 5.41) is 2.82. The van der Waals surface area contributed by atoms with Crippen LogP contribution in [0, 0.1) is 5.92 Å². The van der Waals surface area contributed by atoms with Crippen molar-refractivity contribution in [2.24, 2.45) is 5.92 Å². The van der Waals surface area contributed by atoms with Crippen molar-refractivity contribution in [3.63, 3.8) is 0 Å². The predicted octanol–water partition coefficient (Wildman–Crippen LogP) is 2.54. The first-order valence-electron chi connectivity index (χ1n) is 6.60. The SMILES string of the molecule is CC(C)CC1(C)NC(=O)N(Cc2ccccc2)C1=O. The lowest BCUT2D eigenvalue weighted by Gasteiger charge is -2.23. The smallest absolute Gasteiger partial charge is 0.323 e. The average molecular weight is 260 g/mol. The normalized spacial score (nSPS) is 23.1. The number of amides is 3. The summed E-state index contributed by atoms with van der Waals surface area (Å²) >= 11 is 0. The minimum Gasteiger partial charge on any atom is -0.323 e. The summed E-state index contributed by atoms with van der Waals surface area (Å²) in [6.07, 6.45) is 0.656. The molecule has 1 aliphatic rings. The number of imide groups is 1. The van der Waals surface area contributed by atoms with Crippen LogP contribution in [-0.4, -0.2) is 22.4 Å². The molecule has 0 bridgehead atoms. The molecule has 1 heterocycles. The first-order valence-corrected chi connectivity index (χ1v) is 6.60. The van der Waals surface area contributed by atoms with Gasteiger partial charge in [0.15, 0.2) is 0 Å². The second-order valence-electron chi connectivity index (χ2n) is 5.74. The molecule has 0 aromatic heterocycles. The third-order valence-corrected chi connectivity index (χ3v) is 3.35. The number of rotatable bonds is 4. The number of carbonyl (C=O) groups excluding carboxylic acids is 2. The quantitative estimate of drug-likeness (QED) is 0.846. The number of benzene rings is 1. The number of urea groups is 1. The van der Waals surface area contributed by atoms with Crippen LogP contribution in [0.15, 0.2) is 30.3 Å². The van der Waals surface area contributed by atoms with Gasteiger partial charge in [0.05, 0.1) is 6.54 Å². The van der Waals surface area contributed by atoms with Gasteiger partial charge >= 0.3 is 6.03 Å². The van der Waals surface area contributed by atoms with Crippen molar-refractivity contribution in [1.82, 2.24) is 10.2 Å². The summed E-state index contributed by atoms with van der Waals surface area (Å²) in [6.45, 7) is 6.23. The van der Waals surface area contributed by atoms with Crippen molar-refractivity contribution < 1.29 is 9.59 Å². The molecule has 0 saturated carbocycles. The molecule has 3 amide bonds. The number of nitrogens with zero attached hydrogens (tertiary/aromatic N) is 1. The zero-order valence-electron chi connectivity index (χ0n) is 11.6. The van der Waals surface area contributed by atoms with E-state index >= 15 is 0 Å². The second kappa shape index (κ2) is 5.03. The maximum atomic E-state index is 12.4. The number of carbonyl (C=O) groups is 2. The Kier molecular flexibility index (Phi) is 3.60. The Bertz CT molecular complexity index is 484. The highest BCUT2D eigenvalue weighted by molar-refractivity contribution is 6.06. The standard InChI is InChI=1S/C15H20N2O2/c1-11(2)9-15(3)13(18)17(14(19)16-15)10-12-7-5-4-6-8-12/h4-8,11H,9-10H2,1-3H3,(H,16,19). The Labute approximate surface area is 113 Å². The molecule has 4 heteroatoms. The van der Waals surface area contributed by atoms with Crippen LogP contribution in [0.1, 0.15) is 32.8 Å². The molecule has 1 unspecified atom stereocenters. The van der Waals surface area contributed by atoms with Gasteiger partial charge in [0.1, 0.15) is 5.54 Å². The van der Waals surface area contributed by atoms with E-state index in [9.17, 15) is 9.59 Å². The zero-order valence-corrected chi connectivity index (χ0v) is 11.6. The van der Waals surface area contributed by atoms with Gasteiger partial charge in [-0.1, -0.05) is 44.2 Å². The molecular weight excluding hydrogens is 240 g/mol. The summed E-state index contributed by atoms with van der Waals surface area (Å²) in [7, 11) is 0. The van der Waals surface area contributed by atoms with Crippen LogP contribution >= 0.6 is 0 Å². The van der Waals surface area contributed by atoms with Crippen molar-refractivity contribution in [1.29, 1.82) is 0 Å². The molecule has 1 aromatic rings. The Hall–Kier alpha value is -1.84. The van der Waals surface area contributed by atoms with Gasteiger partial charge in [-0.05, 0) is 24.8 Å². The van der Waals surface area contributed by atoms with Gasteiger partial charge in [0.25, 0.3) is 5.91 Å². The molecule has 4 nitrogen and oxygen atoms in total. The summed E-state index contributed by atoms with van der Waals surface area (Å²) in [6, 6.07) is 9.26. The summed E-state index contributed by atoms with van der Waals surface area (Å²) in [4.78, 5) is 25.7. The van der Waals surface area contributed by atoms with E-state index in [0.717, 1.165) is 5.56 Å². The van der Waals surface area contributed by atoms with Gasteiger partial charge < -0.3 is 5.32 Å². The van der Waals surface area contributed by atoms with Crippen LogP contribution < -0.4 is 5.32 Å². The first kappa shape index (κ1) is 13.6. The van der Waals surface area contributed by atoms with Crippen molar-refractivity contribution in [2.75, 3.05) is 0 Å². The highest BCUT2D eigenvalue weighted by Crippen LogP contribution is 2.26. The predicted molar refractivity (Wildman–Crippen MR) is 73.4 cm³/mol. The van der Waals surface area contributed by atoms with Gasteiger partial charge in [0, 0.05) is 0 Å². The number of nitrogens with one attached hydrogen (secondary N) is 1. The van der Waals surface area contributed by atoms with Gasteiger partial charge in [-0.25, -0.2) is 4.79 Å². The zero-order chi connectivity index (χ0) is 14.0. The lowest BCUT2D eigenvalue weighted by atomic mass is 9.91. The van der Waals surface area contributed by atoms with Gasteiger partial charge in [-0.3, -0.25) is 9.69 Å². The fraction of sp³-hybridized carbons (Fsp3) is 0.467. The largest absolute Gasteiger partial charge is 0.325 e. The molecule has 1 atom stereocenters. The lowest BCUT2D eigenvalue weighted by molar-refractivity contribution is -0.131. The maximum Gasteiger partial charge on any atom is 0.325 e. The van der Waals surface area contributed by atoms with Crippen LogP contribution in [0.3, 0.4) is 0 Å². The van der Waals surface area contributed by atoms with Crippen LogP contribution in [0.4, 0.5) is 4.79 Å². The van der Waals surface area contributed by atoms with Crippen molar-refractivity contribution in [3.8, 4) is 0 Å². The van der Waals surface area contributed by atoms with Crippen LogP contribution in [0.2, 0.25) is 0 Å². The Morgan fingerprint density at radius 2 is 1.84 bits per heavy atom. The van der Waals surface area contributed by atoms with Crippen molar-refractivity contribution in [3.05, 3.63) is 35.9 Å². The van der Waals surface area contributed by atoms with E-state index in [-0.39, 0.29) is 11.9 Å². The minimum atomic E-state index is -0.764. The minimum absolute atomic E-state index is 0.130. The lowest BCUT2D eigenvalue weighted by Crippen LogP contribution is -2.44. The Morgan fingerprint density at radius 1 is 1.21 bits per heavy atom. The highest BCUT2D eigenvalue weighted by atomic mass is 16.2. The number of hydrogen-bond acceptors (Lipinski definition) is 2. The van der Waals surface area contributed by atoms with Crippen molar-refractivity contribution >= 4 is 11.9 Å². The van der Waals surface area contributed by atoms with E-state index in [4.69, 9.17) is 0 Å². The monoisotopic (exact) mass is 260 g/mol. The molecule has 19 heavy (non-hydrogen) atoms. The molecule has 1 fully saturated rings. The highest BCUT2D eigenvalue weighted by Gasteiger charge is 2.47. The van der Waals surface area contributed by atoms with Crippen LogP contribution in [-0.2, 0) is 11.3 Å². The van der Waals surface area contributed by atoms with Gasteiger partial charge in [-0.2, -0.15) is 0 Å². The Balaban J connectivity index is 2.15. The molecule has 0 spiro atoms. The van der Waals surface area contributed by atoms with Crippen molar-refractivity contribution in [2.45, 2.75) is 39.3 Å². The van der Waals surface area contributed by atoms with E-state index in [2.05, 4.69) is 5.32 Å². The molecule has 102 valence electrons. The Morgan fingerprint density at radius 3 is 2.42 bits per heavy atom. The van der Waals surface area contributed by atoms with Gasteiger partial charge in [-0.15, -0.1) is 0 Å². The van der Waals surface area contributed by atoms with E-state index in [1.54, 1.807) is 6.92 Å². The van der Waals surface area contributed by atoms with Gasteiger partial charge in [0.2, 0.25) is 0 Å². The summed E-state index contributed by atoms with van der Waals surface area (Å²) < 4.78 is 0. The van der Waals surface area contributed by atoms with E-state index in [1.165, 1.54) is 4.90 Å². The van der Waals surface area contributed by atoms with E-state index in [0.29, 0.717) is 18.9 Å². The first-order chi connectivity index (χ1) is 8.92. The molecule has 2 rings (SSSR count). The third-order valence-electron chi connectivity index (χ3n) is 3.35. The molecule has 1 N–H and O–H groups in total. The fourth-order valence-corrected chi connectivity index (χ4v) is 2.61. The van der Waals surface area contributed by atoms with Crippen LogP contribution in [0.25, 0.3) is 0 Å². The maximum absolute atomic E-state index is 12.4. The average Bonchev–Trinajstić information content (AvgIpc) is 2.53. The fourth-order valence-electron chi connectivity index (χ4n) is 2.61. The molecule has 0 aliphatic carbocycles. The van der Waals surface area contributed by atoms with E-state index < -0.39 is 5.54 Å². The molecular formula is C15H20N2O2. The topological polar surface area (TPSA) is 49.4 Å². The molecule has 1 aromatic carbocycles. The summed E-state index contributed by atoms with van der Waals surface area (Å²) in [5.74, 6) is 0.223. The molecule has 0 radical (unpaired) electrons. The molecule has 1 saturated heterocycles. The number of hydrogen-bond donors (Lipinski definition) is 1. The summed E-state index contributed by atoms with van der Waals surface area (Å²) in [5.41, 5.74) is 0.194. The van der Waals surface area contributed by atoms with E-state index in [1.807, 2.05) is 44.2 Å².